The number of aromatic amines is 1. The van der Waals surface area contributed by atoms with Crippen LogP contribution in [-0.4, -0.2) is 19.5 Å². The molecule has 2 N–H and O–H groups in total. The third kappa shape index (κ3) is 2.13. The molecule has 5 nitrogen and oxygen atoms in total. The van der Waals surface area contributed by atoms with Crippen molar-refractivity contribution in [2.24, 2.45) is 0 Å². The average molecular weight is 219 g/mol. The summed E-state index contributed by atoms with van der Waals surface area (Å²) in [5.74, 6) is 0. The van der Waals surface area contributed by atoms with Crippen molar-refractivity contribution < 1.29 is 0 Å². The first-order valence-corrected chi connectivity index (χ1v) is 5.76. The highest BCUT2D eigenvalue weighted by molar-refractivity contribution is 5.68. The van der Waals surface area contributed by atoms with E-state index in [-0.39, 0.29) is 5.62 Å². The first-order valence-electron chi connectivity index (χ1n) is 5.76. The maximum absolute atomic E-state index is 7.77. The van der Waals surface area contributed by atoms with Gasteiger partial charge in [0.15, 0.2) is 5.65 Å². The number of rotatable bonds is 5. The van der Waals surface area contributed by atoms with Gasteiger partial charge in [-0.1, -0.05) is 26.2 Å². The fourth-order valence-electron chi connectivity index (χ4n) is 1.81. The van der Waals surface area contributed by atoms with Crippen molar-refractivity contribution in [3.05, 3.63) is 18.1 Å². The van der Waals surface area contributed by atoms with Gasteiger partial charge in [0.2, 0.25) is 5.62 Å². The number of imidazole rings is 1. The van der Waals surface area contributed by atoms with Crippen LogP contribution in [0.4, 0.5) is 0 Å². The molecule has 0 aliphatic heterocycles. The molecule has 2 aromatic heterocycles. The Morgan fingerprint density at radius 2 is 2.19 bits per heavy atom. The minimum absolute atomic E-state index is 0.288. The molecule has 0 saturated heterocycles. The van der Waals surface area contributed by atoms with Crippen molar-refractivity contribution >= 4 is 11.2 Å². The van der Waals surface area contributed by atoms with Crippen molar-refractivity contribution in [3.63, 3.8) is 0 Å². The first kappa shape index (κ1) is 10.9. The third-order valence-corrected chi connectivity index (χ3v) is 2.71. The van der Waals surface area contributed by atoms with Crippen LogP contribution in [0, 0.1) is 5.41 Å². The van der Waals surface area contributed by atoms with E-state index in [1.54, 1.807) is 12.5 Å². The molecule has 0 bridgehead atoms. The summed E-state index contributed by atoms with van der Waals surface area (Å²) in [6.45, 7) is 3.02. The molecule has 0 aliphatic carbocycles. The van der Waals surface area contributed by atoms with Crippen molar-refractivity contribution in [3.8, 4) is 0 Å². The van der Waals surface area contributed by atoms with Gasteiger partial charge in [-0.3, -0.25) is 9.98 Å². The summed E-state index contributed by atoms with van der Waals surface area (Å²) in [5.41, 5.74) is 2.01. The summed E-state index contributed by atoms with van der Waals surface area (Å²) in [4.78, 5) is 11.3. The zero-order valence-corrected chi connectivity index (χ0v) is 9.53. The van der Waals surface area contributed by atoms with Crippen molar-refractivity contribution in [2.75, 3.05) is 0 Å². The van der Waals surface area contributed by atoms with E-state index >= 15 is 0 Å². The van der Waals surface area contributed by atoms with Crippen LogP contribution in [-0.2, 0) is 6.54 Å². The Hall–Kier alpha value is -1.65. The monoisotopic (exact) mass is 219 g/mol. The molecule has 86 valence electrons. The Bertz CT molecular complexity index is 510. The predicted octanol–water partition coefficient (Wildman–Crippen LogP) is 1.82. The van der Waals surface area contributed by atoms with Crippen molar-refractivity contribution in [1.82, 2.24) is 19.5 Å². The van der Waals surface area contributed by atoms with Crippen LogP contribution in [0.3, 0.4) is 0 Å². The number of nitrogens with zero attached hydrogens (tertiary/aromatic N) is 3. The average Bonchev–Trinajstić information content (AvgIpc) is 2.75. The minimum Gasteiger partial charge on any atom is -0.342 e. The number of hydrogen-bond donors (Lipinski definition) is 2. The SMILES string of the molecule is CCCCCCn1c(=N)ncc2[nH]cnc21. The Kier molecular flexibility index (Phi) is 3.34. The normalized spacial score (nSPS) is 11.1. The second kappa shape index (κ2) is 4.92. The first-order chi connectivity index (χ1) is 7.83. The number of aryl methyl sites for hydroxylation is 1. The van der Waals surface area contributed by atoms with Crippen LogP contribution >= 0.6 is 0 Å². The maximum Gasteiger partial charge on any atom is 0.223 e. The molecular formula is C11H17N5. The topological polar surface area (TPSA) is 70.3 Å². The Labute approximate surface area is 94.1 Å². The van der Waals surface area contributed by atoms with Crippen LogP contribution in [0.1, 0.15) is 32.6 Å². The molecule has 2 rings (SSSR count). The zero-order chi connectivity index (χ0) is 11.4. The third-order valence-electron chi connectivity index (χ3n) is 2.71. The quantitative estimate of drug-likeness (QED) is 0.753. The van der Waals surface area contributed by atoms with E-state index in [1.807, 2.05) is 4.57 Å². The van der Waals surface area contributed by atoms with Crippen LogP contribution < -0.4 is 5.62 Å². The molecule has 0 radical (unpaired) electrons. The van der Waals surface area contributed by atoms with Crippen LogP contribution in [0.25, 0.3) is 11.2 Å². The maximum atomic E-state index is 7.77. The lowest BCUT2D eigenvalue weighted by atomic mass is 10.2. The molecule has 16 heavy (non-hydrogen) atoms. The Balaban J connectivity index is 2.18. The predicted molar refractivity (Wildman–Crippen MR) is 61.9 cm³/mol. The molecule has 0 spiro atoms. The van der Waals surface area contributed by atoms with Gasteiger partial charge in [0.25, 0.3) is 0 Å². The zero-order valence-electron chi connectivity index (χ0n) is 9.53. The Morgan fingerprint density at radius 3 is 3.00 bits per heavy atom. The number of H-pyrrole nitrogens is 1. The summed E-state index contributed by atoms with van der Waals surface area (Å²) < 4.78 is 1.86. The van der Waals surface area contributed by atoms with Crippen molar-refractivity contribution in [2.45, 2.75) is 39.2 Å². The lowest BCUT2D eigenvalue weighted by Gasteiger charge is -2.06. The summed E-state index contributed by atoms with van der Waals surface area (Å²) in [6, 6.07) is 0. The van der Waals surface area contributed by atoms with E-state index in [0.717, 1.165) is 24.1 Å². The summed E-state index contributed by atoms with van der Waals surface area (Å²) in [6.07, 6.45) is 8.06. The van der Waals surface area contributed by atoms with E-state index in [4.69, 9.17) is 5.41 Å². The van der Waals surface area contributed by atoms with Gasteiger partial charge in [-0.15, -0.1) is 0 Å². The van der Waals surface area contributed by atoms with E-state index in [0.29, 0.717) is 0 Å². The molecule has 5 heteroatoms. The van der Waals surface area contributed by atoms with Crippen LogP contribution in [0.15, 0.2) is 12.5 Å². The molecular weight excluding hydrogens is 202 g/mol. The van der Waals surface area contributed by atoms with Gasteiger partial charge in [-0.05, 0) is 6.42 Å². The largest absolute Gasteiger partial charge is 0.342 e. The van der Waals surface area contributed by atoms with Gasteiger partial charge in [0.1, 0.15) is 5.52 Å². The number of unbranched alkanes of at least 4 members (excludes halogenated alkanes) is 3. The van der Waals surface area contributed by atoms with E-state index < -0.39 is 0 Å². The molecule has 0 amide bonds. The smallest absolute Gasteiger partial charge is 0.223 e. The van der Waals surface area contributed by atoms with E-state index in [9.17, 15) is 0 Å². The molecule has 0 aliphatic rings. The molecule has 0 fully saturated rings. The standard InChI is InChI=1S/C11H17N5/c1-2-3-4-5-6-16-10-9(14-8-15-10)7-13-11(16)12/h7-8,12H,2-6H2,1H3,(H,14,15). The minimum atomic E-state index is 0.288. The van der Waals surface area contributed by atoms with Crippen LogP contribution in [0.2, 0.25) is 0 Å². The van der Waals surface area contributed by atoms with Gasteiger partial charge in [-0.25, -0.2) is 9.97 Å². The second-order valence-electron chi connectivity index (χ2n) is 3.93. The van der Waals surface area contributed by atoms with Gasteiger partial charge in [0.05, 0.1) is 12.5 Å². The van der Waals surface area contributed by atoms with Gasteiger partial charge < -0.3 is 4.98 Å². The second-order valence-corrected chi connectivity index (χ2v) is 3.93. The summed E-state index contributed by atoms with van der Waals surface area (Å²) in [5, 5.41) is 7.77. The molecule has 0 unspecified atom stereocenters. The molecule has 0 saturated carbocycles. The molecule has 0 aromatic carbocycles. The fraction of sp³-hybridized carbons (Fsp3) is 0.545. The highest BCUT2D eigenvalue weighted by Crippen LogP contribution is 2.06. The number of hydrogen-bond acceptors (Lipinski definition) is 3. The highest BCUT2D eigenvalue weighted by atomic mass is 15.1. The van der Waals surface area contributed by atoms with Crippen LogP contribution in [0.5, 0.6) is 0 Å². The van der Waals surface area contributed by atoms with Gasteiger partial charge in [-0.2, -0.15) is 0 Å². The lowest BCUT2D eigenvalue weighted by molar-refractivity contribution is 0.563. The van der Waals surface area contributed by atoms with Gasteiger partial charge >= 0.3 is 0 Å². The summed E-state index contributed by atoms with van der Waals surface area (Å²) in [7, 11) is 0. The van der Waals surface area contributed by atoms with Gasteiger partial charge in [0, 0.05) is 6.54 Å². The van der Waals surface area contributed by atoms with E-state index in [1.165, 1.54) is 19.3 Å². The molecule has 2 heterocycles. The number of aromatic nitrogens is 4. The number of fused-ring (bicyclic) bond motifs is 1. The van der Waals surface area contributed by atoms with Crippen molar-refractivity contribution in [1.29, 1.82) is 5.41 Å². The number of nitrogens with one attached hydrogen (secondary N) is 2. The lowest BCUT2D eigenvalue weighted by Crippen LogP contribution is -2.23. The molecule has 2 aromatic rings. The summed E-state index contributed by atoms with van der Waals surface area (Å²) >= 11 is 0. The fourth-order valence-corrected chi connectivity index (χ4v) is 1.81. The highest BCUT2D eigenvalue weighted by Gasteiger charge is 2.03. The molecule has 0 atom stereocenters. The van der Waals surface area contributed by atoms with E-state index in [2.05, 4.69) is 21.9 Å². The Morgan fingerprint density at radius 1 is 1.31 bits per heavy atom.